The highest BCUT2D eigenvalue weighted by Crippen LogP contribution is 2.18. The number of aromatic nitrogens is 4. The molecule has 3 rings (SSSR count). The summed E-state index contributed by atoms with van der Waals surface area (Å²) in [6.07, 6.45) is 0.135. The number of benzene rings is 1. The van der Waals surface area contributed by atoms with Gasteiger partial charge in [-0.15, -0.1) is 5.10 Å². The second kappa shape index (κ2) is 9.51. The molecule has 1 aromatic carbocycles. The minimum absolute atomic E-state index is 0.103. The molecule has 2 aromatic heterocycles. The first-order valence-corrected chi connectivity index (χ1v) is 10.7. The van der Waals surface area contributed by atoms with Crippen LogP contribution < -0.4 is 10.6 Å². The molecular weight excluding hydrogens is 427 g/mol. The maximum atomic E-state index is 13.3. The SMILES string of the molecule is Cc1cc(F)ccc1NC(=O)CCc1c(C)nc2nc(CNC(=O)OC(C)(C)C)nn2c1C. The summed E-state index contributed by atoms with van der Waals surface area (Å²) < 4.78 is 20.1. The standard InChI is InChI=1S/C23H29FN6O3/c1-13-11-16(24)7-9-18(13)27-20(31)10-8-17-14(2)26-21-28-19(29-30(21)15(17)3)12-25-22(32)33-23(4,5)6/h7,9,11H,8,10,12H2,1-6H3,(H,25,32)(H,27,31). The Hall–Kier alpha value is -3.56. The number of carbonyl (C=O) groups excluding carboxylic acids is 2. The number of aryl methyl sites for hydroxylation is 3. The molecule has 0 atom stereocenters. The van der Waals surface area contributed by atoms with Gasteiger partial charge in [-0.05, 0) is 77.3 Å². The summed E-state index contributed by atoms with van der Waals surface area (Å²) in [5, 5.41) is 9.88. The first kappa shape index (κ1) is 24.1. The van der Waals surface area contributed by atoms with E-state index in [0.717, 1.165) is 17.0 Å². The molecule has 0 aliphatic rings. The minimum atomic E-state index is -0.595. The largest absolute Gasteiger partial charge is 0.444 e. The normalized spacial score (nSPS) is 11.5. The zero-order valence-corrected chi connectivity index (χ0v) is 19.7. The van der Waals surface area contributed by atoms with Crippen LogP contribution in [0.15, 0.2) is 18.2 Å². The molecule has 0 unspecified atom stereocenters. The summed E-state index contributed by atoms with van der Waals surface area (Å²) >= 11 is 0. The van der Waals surface area contributed by atoms with Crippen molar-refractivity contribution in [2.24, 2.45) is 0 Å². The van der Waals surface area contributed by atoms with Crippen molar-refractivity contribution in [2.75, 3.05) is 5.32 Å². The van der Waals surface area contributed by atoms with Crippen LogP contribution in [-0.4, -0.2) is 37.2 Å². The van der Waals surface area contributed by atoms with Crippen LogP contribution in [0.2, 0.25) is 0 Å². The van der Waals surface area contributed by atoms with Gasteiger partial charge in [-0.25, -0.2) is 18.7 Å². The van der Waals surface area contributed by atoms with Gasteiger partial charge in [0.25, 0.3) is 5.78 Å². The van der Waals surface area contributed by atoms with E-state index >= 15 is 0 Å². The third-order valence-corrected chi connectivity index (χ3v) is 4.95. The zero-order valence-electron chi connectivity index (χ0n) is 19.7. The fraction of sp³-hybridized carbons (Fsp3) is 0.435. The second-order valence-electron chi connectivity index (χ2n) is 8.86. The lowest BCUT2D eigenvalue weighted by Crippen LogP contribution is -2.32. The Labute approximate surface area is 191 Å². The average Bonchev–Trinajstić information content (AvgIpc) is 3.10. The average molecular weight is 457 g/mol. The lowest BCUT2D eigenvalue weighted by Gasteiger charge is -2.19. The lowest BCUT2D eigenvalue weighted by molar-refractivity contribution is -0.116. The number of nitrogens with zero attached hydrogens (tertiary/aromatic N) is 4. The number of ether oxygens (including phenoxy) is 1. The van der Waals surface area contributed by atoms with Gasteiger partial charge in [0, 0.05) is 23.5 Å². The Morgan fingerprint density at radius 2 is 1.88 bits per heavy atom. The summed E-state index contributed by atoms with van der Waals surface area (Å²) in [5.74, 6) is 0.299. The van der Waals surface area contributed by atoms with Gasteiger partial charge in [0.1, 0.15) is 11.4 Å². The van der Waals surface area contributed by atoms with E-state index in [1.807, 2.05) is 13.8 Å². The maximum Gasteiger partial charge on any atom is 0.408 e. The molecule has 3 aromatic rings. The Morgan fingerprint density at radius 1 is 1.15 bits per heavy atom. The van der Waals surface area contributed by atoms with Crippen LogP contribution in [0.4, 0.5) is 14.9 Å². The van der Waals surface area contributed by atoms with Crippen molar-refractivity contribution in [2.45, 2.75) is 66.5 Å². The number of hydrogen-bond donors (Lipinski definition) is 2. The molecule has 0 bridgehead atoms. The molecule has 2 amide bonds. The van der Waals surface area contributed by atoms with Crippen molar-refractivity contribution < 1.29 is 18.7 Å². The molecule has 33 heavy (non-hydrogen) atoms. The number of alkyl carbamates (subject to hydrolysis) is 1. The molecule has 0 aliphatic heterocycles. The number of halogens is 1. The van der Waals surface area contributed by atoms with Gasteiger partial charge in [-0.3, -0.25) is 4.79 Å². The Bertz CT molecular complexity index is 1200. The predicted molar refractivity (Wildman–Crippen MR) is 121 cm³/mol. The third kappa shape index (κ3) is 6.24. The number of carbonyl (C=O) groups is 2. The molecule has 0 spiro atoms. The quantitative estimate of drug-likeness (QED) is 0.584. The van der Waals surface area contributed by atoms with Crippen LogP contribution in [0.3, 0.4) is 0 Å². The number of fused-ring (bicyclic) bond motifs is 1. The fourth-order valence-electron chi connectivity index (χ4n) is 3.37. The van der Waals surface area contributed by atoms with Crippen molar-refractivity contribution in [1.82, 2.24) is 24.9 Å². The number of anilines is 1. The Balaban J connectivity index is 1.68. The van der Waals surface area contributed by atoms with Crippen molar-refractivity contribution in [1.29, 1.82) is 0 Å². The predicted octanol–water partition coefficient (Wildman–Crippen LogP) is 3.78. The molecule has 0 aliphatic carbocycles. The van der Waals surface area contributed by atoms with Crippen molar-refractivity contribution in [3.8, 4) is 0 Å². The summed E-state index contributed by atoms with van der Waals surface area (Å²) in [6.45, 7) is 10.9. The third-order valence-electron chi connectivity index (χ3n) is 4.95. The van der Waals surface area contributed by atoms with Crippen LogP contribution in [0.5, 0.6) is 0 Å². The lowest BCUT2D eigenvalue weighted by atomic mass is 10.1. The van der Waals surface area contributed by atoms with Crippen LogP contribution in [0, 0.1) is 26.6 Å². The summed E-state index contributed by atoms with van der Waals surface area (Å²) in [6, 6.07) is 4.24. The van der Waals surface area contributed by atoms with E-state index in [-0.39, 0.29) is 24.7 Å². The van der Waals surface area contributed by atoms with Gasteiger partial charge in [0.15, 0.2) is 5.82 Å². The molecule has 0 radical (unpaired) electrons. The minimum Gasteiger partial charge on any atom is -0.444 e. The first-order chi connectivity index (χ1) is 15.4. The second-order valence-corrected chi connectivity index (χ2v) is 8.86. The van der Waals surface area contributed by atoms with E-state index < -0.39 is 11.7 Å². The smallest absolute Gasteiger partial charge is 0.408 e. The highest BCUT2D eigenvalue weighted by molar-refractivity contribution is 5.91. The van der Waals surface area contributed by atoms with Gasteiger partial charge >= 0.3 is 6.09 Å². The molecule has 176 valence electrons. The number of nitrogens with one attached hydrogen (secondary N) is 2. The zero-order chi connectivity index (χ0) is 24.3. The van der Waals surface area contributed by atoms with Gasteiger partial charge in [0.05, 0.1) is 6.54 Å². The Morgan fingerprint density at radius 3 is 2.55 bits per heavy atom. The van der Waals surface area contributed by atoms with Gasteiger partial charge in [0.2, 0.25) is 5.91 Å². The molecule has 0 fully saturated rings. The van der Waals surface area contributed by atoms with Crippen molar-refractivity contribution >= 4 is 23.5 Å². The maximum absolute atomic E-state index is 13.3. The van der Waals surface area contributed by atoms with Crippen molar-refractivity contribution in [3.63, 3.8) is 0 Å². The van der Waals surface area contributed by atoms with Crippen molar-refractivity contribution in [3.05, 3.63) is 52.4 Å². The topological polar surface area (TPSA) is 111 Å². The van der Waals surface area contributed by atoms with Crippen LogP contribution >= 0.6 is 0 Å². The fourth-order valence-corrected chi connectivity index (χ4v) is 3.37. The number of hydrogen-bond acceptors (Lipinski definition) is 6. The first-order valence-electron chi connectivity index (χ1n) is 10.7. The number of amides is 2. The van der Waals surface area contributed by atoms with E-state index in [4.69, 9.17) is 4.74 Å². The summed E-state index contributed by atoms with van der Waals surface area (Å²) in [4.78, 5) is 33.2. The summed E-state index contributed by atoms with van der Waals surface area (Å²) in [5.41, 5.74) is 3.12. The molecule has 2 heterocycles. The van der Waals surface area contributed by atoms with E-state index in [1.165, 1.54) is 12.1 Å². The van der Waals surface area contributed by atoms with Crippen LogP contribution in [0.1, 0.15) is 55.5 Å². The summed E-state index contributed by atoms with van der Waals surface area (Å²) in [7, 11) is 0. The van der Waals surface area contributed by atoms with E-state index in [2.05, 4.69) is 25.7 Å². The van der Waals surface area contributed by atoms with E-state index in [9.17, 15) is 14.0 Å². The molecule has 2 N–H and O–H groups in total. The molecule has 0 saturated heterocycles. The van der Waals surface area contributed by atoms with E-state index in [1.54, 1.807) is 38.3 Å². The van der Waals surface area contributed by atoms with E-state index in [0.29, 0.717) is 29.3 Å². The van der Waals surface area contributed by atoms with Crippen LogP contribution in [0.25, 0.3) is 5.78 Å². The van der Waals surface area contributed by atoms with Gasteiger partial charge in [-0.1, -0.05) is 0 Å². The molecule has 10 heteroatoms. The molecule has 9 nitrogen and oxygen atoms in total. The number of rotatable bonds is 6. The highest BCUT2D eigenvalue weighted by atomic mass is 19.1. The monoisotopic (exact) mass is 456 g/mol. The highest BCUT2D eigenvalue weighted by Gasteiger charge is 2.18. The van der Waals surface area contributed by atoms with Gasteiger partial charge < -0.3 is 15.4 Å². The van der Waals surface area contributed by atoms with Gasteiger partial charge in [-0.2, -0.15) is 4.98 Å². The molecule has 0 saturated carbocycles. The van der Waals surface area contributed by atoms with Crippen LogP contribution in [-0.2, 0) is 22.5 Å². The molecular formula is C23H29FN6O3. The Kier molecular flexibility index (Phi) is 6.95.